The lowest BCUT2D eigenvalue weighted by molar-refractivity contribution is -0.121. The number of methoxy groups -OCH3 is 1. The first-order chi connectivity index (χ1) is 14.2. The molecule has 0 saturated carbocycles. The average Bonchev–Trinajstić information content (AvgIpc) is 3.18. The largest absolute Gasteiger partial charge is 0.496 e. The molecule has 0 radical (unpaired) electrons. The van der Waals surface area contributed by atoms with Crippen molar-refractivity contribution >= 4 is 5.91 Å². The number of aromatic nitrogens is 2. The summed E-state index contributed by atoms with van der Waals surface area (Å²) in [4.78, 5) is 12.6. The number of halogens is 1. The molecule has 1 aliphatic carbocycles. The van der Waals surface area contributed by atoms with Crippen LogP contribution >= 0.6 is 0 Å². The lowest BCUT2D eigenvalue weighted by Gasteiger charge is -2.24. The molecule has 1 heterocycles. The predicted octanol–water partition coefficient (Wildman–Crippen LogP) is 4.15. The molecule has 5 nitrogen and oxygen atoms in total. The first kappa shape index (κ1) is 19.2. The molecule has 0 aliphatic heterocycles. The number of para-hydroxylation sites is 1. The number of nitrogens with one attached hydrogen (secondary N) is 1. The number of fused-ring (bicyclic) bond motifs is 1. The summed E-state index contributed by atoms with van der Waals surface area (Å²) >= 11 is 0. The summed E-state index contributed by atoms with van der Waals surface area (Å²) in [7, 11) is 1.64. The number of carbonyl (C=O) groups excluding carboxylic acids is 1. The molecule has 1 aromatic heterocycles. The Morgan fingerprint density at radius 3 is 2.83 bits per heavy atom. The molecule has 0 unspecified atom stereocenters. The number of amides is 1. The molecule has 0 bridgehead atoms. The molecule has 6 heteroatoms. The molecule has 0 saturated heterocycles. The minimum absolute atomic E-state index is 0.0169. The molecule has 1 aliphatic rings. The number of carbonyl (C=O) groups is 1. The van der Waals surface area contributed by atoms with Crippen molar-refractivity contribution in [3.05, 3.63) is 77.4 Å². The zero-order valence-electron chi connectivity index (χ0n) is 16.4. The van der Waals surface area contributed by atoms with Gasteiger partial charge in [-0.05, 0) is 61.6 Å². The summed E-state index contributed by atoms with van der Waals surface area (Å²) in [6.45, 7) is 0. The van der Waals surface area contributed by atoms with Gasteiger partial charge in [0.05, 0.1) is 25.0 Å². The van der Waals surface area contributed by atoms with Gasteiger partial charge in [-0.1, -0.05) is 18.2 Å². The lowest BCUT2D eigenvalue weighted by Crippen LogP contribution is -2.31. The predicted molar refractivity (Wildman–Crippen MR) is 109 cm³/mol. The Hall–Kier alpha value is -3.15. The van der Waals surface area contributed by atoms with Crippen LogP contribution in [0.15, 0.2) is 54.7 Å². The van der Waals surface area contributed by atoms with Gasteiger partial charge in [-0.2, -0.15) is 5.10 Å². The third-order valence-electron chi connectivity index (χ3n) is 5.40. The molecule has 2 aromatic carbocycles. The molecule has 29 heavy (non-hydrogen) atoms. The number of rotatable bonds is 6. The third kappa shape index (κ3) is 4.16. The zero-order valence-corrected chi connectivity index (χ0v) is 16.4. The van der Waals surface area contributed by atoms with Crippen LogP contribution in [0.2, 0.25) is 0 Å². The Bertz CT molecular complexity index is 998. The quantitative estimate of drug-likeness (QED) is 0.685. The summed E-state index contributed by atoms with van der Waals surface area (Å²) in [6.07, 6.45) is 5.60. The molecule has 1 amide bonds. The number of aryl methyl sites for hydroxylation is 1. The number of hydrogen-bond acceptors (Lipinski definition) is 3. The van der Waals surface area contributed by atoms with Crippen LogP contribution in [0.5, 0.6) is 5.75 Å². The number of benzene rings is 2. The van der Waals surface area contributed by atoms with Crippen molar-refractivity contribution < 1.29 is 13.9 Å². The molecule has 0 spiro atoms. The molecule has 0 fully saturated rings. The fourth-order valence-corrected chi connectivity index (χ4v) is 3.94. The van der Waals surface area contributed by atoms with Gasteiger partial charge >= 0.3 is 0 Å². The van der Waals surface area contributed by atoms with Crippen LogP contribution in [0.25, 0.3) is 5.69 Å². The summed E-state index contributed by atoms with van der Waals surface area (Å²) in [5.41, 5.74) is 3.98. The van der Waals surface area contributed by atoms with E-state index in [4.69, 9.17) is 4.74 Å². The maximum absolute atomic E-state index is 13.2. The van der Waals surface area contributed by atoms with E-state index >= 15 is 0 Å². The second kappa shape index (κ2) is 8.47. The van der Waals surface area contributed by atoms with Gasteiger partial charge in [-0.3, -0.25) is 4.79 Å². The molecule has 3 aromatic rings. The third-order valence-corrected chi connectivity index (χ3v) is 5.40. The van der Waals surface area contributed by atoms with E-state index in [-0.39, 0.29) is 17.8 Å². The summed E-state index contributed by atoms with van der Waals surface area (Å²) in [5, 5.41) is 7.66. The molecule has 1 atom stereocenters. The highest BCUT2D eigenvalue weighted by molar-refractivity contribution is 5.77. The lowest BCUT2D eigenvalue weighted by atomic mass is 9.92. The number of nitrogens with zero attached hydrogens (tertiary/aromatic N) is 2. The normalized spacial score (nSPS) is 15.6. The Kier molecular flexibility index (Phi) is 5.60. The van der Waals surface area contributed by atoms with Gasteiger partial charge in [-0.25, -0.2) is 9.07 Å². The Morgan fingerprint density at radius 2 is 2.03 bits per heavy atom. The molecule has 1 N–H and O–H groups in total. The van der Waals surface area contributed by atoms with Crippen LogP contribution < -0.4 is 10.1 Å². The minimum atomic E-state index is -0.269. The van der Waals surface area contributed by atoms with Crippen LogP contribution in [0.4, 0.5) is 4.39 Å². The SMILES string of the molecule is COc1ccccc1CCC(=O)N[C@H]1CCCc2c1cnn2-c1ccc(F)cc1. The molecular formula is C23H24FN3O2. The maximum atomic E-state index is 13.2. The summed E-state index contributed by atoms with van der Waals surface area (Å²) in [6, 6.07) is 14.0. The van der Waals surface area contributed by atoms with Crippen LogP contribution in [0.3, 0.4) is 0 Å². The smallest absolute Gasteiger partial charge is 0.220 e. The van der Waals surface area contributed by atoms with Crippen molar-refractivity contribution in [3.8, 4) is 11.4 Å². The van der Waals surface area contributed by atoms with Crippen molar-refractivity contribution in [2.24, 2.45) is 0 Å². The standard InChI is InChI=1S/C23H24FN3O2/c1-29-22-8-3-2-5-16(22)9-14-23(28)26-20-6-4-7-21-19(20)15-25-27(21)18-12-10-17(24)11-13-18/h2-3,5,8,10-13,15,20H,4,6-7,9,14H2,1H3,(H,26,28)/t20-/m0/s1. The Morgan fingerprint density at radius 1 is 1.24 bits per heavy atom. The van der Waals surface area contributed by atoms with Gasteiger partial charge in [0.25, 0.3) is 0 Å². The van der Waals surface area contributed by atoms with E-state index < -0.39 is 0 Å². The Balaban J connectivity index is 1.44. The molecular weight excluding hydrogens is 369 g/mol. The van der Waals surface area contributed by atoms with E-state index in [1.165, 1.54) is 12.1 Å². The van der Waals surface area contributed by atoms with Crippen molar-refractivity contribution in [2.75, 3.05) is 7.11 Å². The van der Waals surface area contributed by atoms with Crippen molar-refractivity contribution in [1.29, 1.82) is 0 Å². The van der Waals surface area contributed by atoms with E-state index in [0.717, 1.165) is 47.5 Å². The maximum Gasteiger partial charge on any atom is 0.220 e. The van der Waals surface area contributed by atoms with E-state index in [0.29, 0.717) is 12.8 Å². The summed E-state index contributed by atoms with van der Waals surface area (Å²) in [5.74, 6) is 0.555. The van der Waals surface area contributed by atoms with Crippen LogP contribution in [0.1, 0.15) is 42.1 Å². The van der Waals surface area contributed by atoms with Gasteiger partial charge in [0, 0.05) is 17.7 Å². The van der Waals surface area contributed by atoms with E-state index in [9.17, 15) is 9.18 Å². The zero-order chi connectivity index (χ0) is 20.2. The second-order valence-corrected chi connectivity index (χ2v) is 7.26. The first-order valence-corrected chi connectivity index (χ1v) is 9.89. The van der Waals surface area contributed by atoms with Crippen LogP contribution in [0, 0.1) is 5.82 Å². The highest BCUT2D eigenvalue weighted by Gasteiger charge is 2.26. The monoisotopic (exact) mass is 393 g/mol. The van der Waals surface area contributed by atoms with Gasteiger partial charge in [0.15, 0.2) is 0 Å². The number of hydrogen-bond donors (Lipinski definition) is 1. The fourth-order valence-electron chi connectivity index (χ4n) is 3.94. The van der Waals surface area contributed by atoms with E-state index in [2.05, 4.69) is 10.4 Å². The van der Waals surface area contributed by atoms with Gasteiger partial charge in [-0.15, -0.1) is 0 Å². The Labute approximate surface area is 169 Å². The van der Waals surface area contributed by atoms with Gasteiger partial charge in [0.2, 0.25) is 5.91 Å². The topological polar surface area (TPSA) is 56.1 Å². The van der Waals surface area contributed by atoms with E-state index in [1.54, 1.807) is 19.2 Å². The van der Waals surface area contributed by atoms with Crippen LogP contribution in [-0.4, -0.2) is 22.8 Å². The van der Waals surface area contributed by atoms with Crippen molar-refractivity contribution in [3.63, 3.8) is 0 Å². The van der Waals surface area contributed by atoms with Crippen molar-refractivity contribution in [2.45, 2.75) is 38.1 Å². The van der Waals surface area contributed by atoms with Crippen LogP contribution in [-0.2, 0) is 17.6 Å². The van der Waals surface area contributed by atoms with Gasteiger partial charge in [0.1, 0.15) is 11.6 Å². The van der Waals surface area contributed by atoms with Crippen molar-refractivity contribution in [1.82, 2.24) is 15.1 Å². The molecule has 4 rings (SSSR count). The number of ether oxygens (including phenoxy) is 1. The fraction of sp³-hybridized carbons (Fsp3) is 0.304. The second-order valence-electron chi connectivity index (χ2n) is 7.26. The molecule has 150 valence electrons. The minimum Gasteiger partial charge on any atom is -0.496 e. The summed E-state index contributed by atoms with van der Waals surface area (Å²) < 4.78 is 20.4. The highest BCUT2D eigenvalue weighted by Crippen LogP contribution is 2.31. The average molecular weight is 393 g/mol. The first-order valence-electron chi connectivity index (χ1n) is 9.89. The van der Waals surface area contributed by atoms with Gasteiger partial charge < -0.3 is 10.1 Å². The van der Waals surface area contributed by atoms with E-state index in [1.807, 2.05) is 35.1 Å². The highest BCUT2D eigenvalue weighted by atomic mass is 19.1.